The summed E-state index contributed by atoms with van der Waals surface area (Å²) in [6.07, 6.45) is 6.36. The monoisotopic (exact) mass is 447 g/mol. The Morgan fingerprint density at radius 1 is 1.23 bits per heavy atom. The van der Waals surface area contributed by atoms with Crippen molar-refractivity contribution in [3.8, 4) is 0 Å². The molecule has 1 amide bonds. The lowest BCUT2D eigenvalue weighted by atomic mass is 10.2. The number of aromatic nitrogens is 4. The van der Waals surface area contributed by atoms with E-state index >= 15 is 0 Å². The molecule has 2 aromatic heterocycles. The molecule has 0 bridgehead atoms. The van der Waals surface area contributed by atoms with Crippen LogP contribution in [0.25, 0.3) is 10.9 Å². The number of nitrogens with one attached hydrogen (secondary N) is 2. The van der Waals surface area contributed by atoms with Crippen LogP contribution in [0, 0.1) is 5.92 Å². The Kier molecular flexibility index (Phi) is 6.08. The third-order valence-corrected chi connectivity index (χ3v) is 5.53. The molecule has 0 atom stereocenters. The quantitative estimate of drug-likeness (QED) is 0.624. The highest BCUT2D eigenvalue weighted by Crippen LogP contribution is 2.31. The SMILES string of the molecule is Cl.O=C(c1nc(Nc2cn(CC3CC3)cn2)c2cc(Cl)ccc2n1)N1CCNCC1. The molecule has 10 heteroatoms. The van der Waals surface area contributed by atoms with Gasteiger partial charge < -0.3 is 20.1 Å². The molecule has 1 saturated carbocycles. The van der Waals surface area contributed by atoms with Crippen LogP contribution in [0.5, 0.6) is 0 Å². The zero-order chi connectivity index (χ0) is 19.8. The zero-order valence-electron chi connectivity index (χ0n) is 16.3. The van der Waals surface area contributed by atoms with Gasteiger partial charge in [0, 0.05) is 49.3 Å². The Balaban J connectivity index is 0.00000218. The van der Waals surface area contributed by atoms with E-state index < -0.39 is 0 Å². The van der Waals surface area contributed by atoms with Crippen LogP contribution in [0.3, 0.4) is 0 Å². The van der Waals surface area contributed by atoms with Gasteiger partial charge in [0.15, 0.2) is 0 Å². The van der Waals surface area contributed by atoms with Gasteiger partial charge in [-0.3, -0.25) is 4.79 Å². The van der Waals surface area contributed by atoms with Gasteiger partial charge in [-0.05, 0) is 37.0 Å². The molecule has 1 aromatic carbocycles. The van der Waals surface area contributed by atoms with E-state index in [2.05, 4.69) is 30.2 Å². The zero-order valence-corrected chi connectivity index (χ0v) is 17.9. The number of amides is 1. The summed E-state index contributed by atoms with van der Waals surface area (Å²) in [5, 5.41) is 7.85. The molecule has 0 radical (unpaired) electrons. The summed E-state index contributed by atoms with van der Waals surface area (Å²) in [5.41, 5.74) is 0.669. The Morgan fingerprint density at radius 2 is 2.03 bits per heavy atom. The molecule has 3 aromatic rings. The summed E-state index contributed by atoms with van der Waals surface area (Å²) >= 11 is 6.20. The summed E-state index contributed by atoms with van der Waals surface area (Å²) in [4.78, 5) is 28.2. The fraction of sp³-hybridized carbons (Fsp3) is 0.400. The van der Waals surface area contributed by atoms with E-state index in [1.807, 2.05) is 18.6 Å². The van der Waals surface area contributed by atoms with Gasteiger partial charge in [0.2, 0.25) is 5.82 Å². The van der Waals surface area contributed by atoms with Gasteiger partial charge in [-0.25, -0.2) is 15.0 Å². The Hall–Kier alpha value is -2.42. The maximum absolute atomic E-state index is 12.9. The first-order valence-electron chi connectivity index (χ1n) is 9.92. The summed E-state index contributed by atoms with van der Waals surface area (Å²) < 4.78 is 2.09. The van der Waals surface area contributed by atoms with Gasteiger partial charge >= 0.3 is 0 Å². The molecule has 2 fully saturated rings. The second kappa shape index (κ2) is 8.75. The highest BCUT2D eigenvalue weighted by Gasteiger charge is 2.23. The van der Waals surface area contributed by atoms with Gasteiger partial charge in [-0.2, -0.15) is 0 Å². The molecule has 30 heavy (non-hydrogen) atoms. The average molecular weight is 448 g/mol. The highest BCUT2D eigenvalue weighted by atomic mass is 35.5. The average Bonchev–Trinajstić information content (AvgIpc) is 3.45. The van der Waals surface area contributed by atoms with Crippen molar-refractivity contribution in [3.05, 3.63) is 41.6 Å². The van der Waals surface area contributed by atoms with Gasteiger partial charge in [0.25, 0.3) is 5.91 Å². The van der Waals surface area contributed by atoms with Gasteiger partial charge in [-0.1, -0.05) is 11.6 Å². The second-order valence-electron chi connectivity index (χ2n) is 7.62. The maximum Gasteiger partial charge on any atom is 0.291 e. The van der Waals surface area contributed by atoms with Gasteiger partial charge in [0.1, 0.15) is 11.6 Å². The van der Waals surface area contributed by atoms with E-state index in [1.165, 1.54) is 12.8 Å². The lowest BCUT2D eigenvalue weighted by Crippen LogP contribution is -2.46. The smallest absolute Gasteiger partial charge is 0.291 e. The van der Waals surface area contributed by atoms with Crippen molar-refractivity contribution in [1.82, 2.24) is 29.7 Å². The van der Waals surface area contributed by atoms with E-state index in [4.69, 9.17) is 11.6 Å². The minimum absolute atomic E-state index is 0. The molecule has 1 aliphatic heterocycles. The van der Waals surface area contributed by atoms with E-state index in [0.29, 0.717) is 35.3 Å². The Morgan fingerprint density at radius 3 is 2.80 bits per heavy atom. The Bertz CT molecular complexity index is 1060. The van der Waals surface area contributed by atoms with Crippen LogP contribution in [-0.2, 0) is 6.54 Å². The van der Waals surface area contributed by atoms with Crippen molar-refractivity contribution >= 4 is 52.5 Å². The van der Waals surface area contributed by atoms with Crippen LogP contribution >= 0.6 is 24.0 Å². The molecular weight excluding hydrogens is 425 g/mol. The number of imidazole rings is 1. The number of fused-ring (bicyclic) bond motifs is 1. The standard InChI is InChI=1S/C20H22ClN7O.ClH/c21-14-3-4-16-15(9-14)18(25-17-11-27(12-23-17)10-13-1-2-13)26-19(24-16)20(29)28-7-5-22-6-8-28;/h3-4,9,11-13,22H,1-2,5-8,10H2,(H,24,25,26);1H. The third-order valence-electron chi connectivity index (χ3n) is 5.30. The van der Waals surface area contributed by atoms with Gasteiger partial charge in [0.05, 0.1) is 11.8 Å². The van der Waals surface area contributed by atoms with Crippen LogP contribution in [0.2, 0.25) is 5.02 Å². The molecule has 1 saturated heterocycles. The number of piperazine rings is 1. The van der Waals surface area contributed by atoms with Crippen molar-refractivity contribution in [2.45, 2.75) is 19.4 Å². The molecule has 158 valence electrons. The van der Waals surface area contributed by atoms with Crippen molar-refractivity contribution in [3.63, 3.8) is 0 Å². The predicted molar refractivity (Wildman–Crippen MR) is 119 cm³/mol. The van der Waals surface area contributed by atoms with Gasteiger partial charge in [-0.15, -0.1) is 12.4 Å². The predicted octanol–water partition coefficient (Wildman–Crippen LogP) is 3.10. The minimum Gasteiger partial charge on any atom is -0.335 e. The molecule has 1 aliphatic carbocycles. The number of nitrogens with zero attached hydrogens (tertiary/aromatic N) is 5. The lowest BCUT2D eigenvalue weighted by molar-refractivity contribution is 0.0724. The lowest BCUT2D eigenvalue weighted by Gasteiger charge is -2.26. The molecular formula is C20H23Cl2N7O. The van der Waals surface area contributed by atoms with E-state index in [1.54, 1.807) is 17.0 Å². The number of rotatable bonds is 5. The summed E-state index contributed by atoms with van der Waals surface area (Å²) in [6.45, 7) is 3.83. The number of carbonyl (C=O) groups excluding carboxylic acids is 1. The fourth-order valence-corrected chi connectivity index (χ4v) is 3.72. The number of hydrogen-bond donors (Lipinski definition) is 2. The molecule has 3 heterocycles. The number of carbonyl (C=O) groups is 1. The topological polar surface area (TPSA) is 88.0 Å². The van der Waals surface area contributed by atoms with Crippen molar-refractivity contribution in [1.29, 1.82) is 0 Å². The van der Waals surface area contributed by atoms with E-state index in [-0.39, 0.29) is 24.1 Å². The number of hydrogen-bond acceptors (Lipinski definition) is 6. The van der Waals surface area contributed by atoms with Crippen molar-refractivity contribution in [2.24, 2.45) is 5.92 Å². The molecule has 2 N–H and O–H groups in total. The molecule has 5 rings (SSSR count). The maximum atomic E-state index is 12.9. The molecule has 0 unspecified atom stereocenters. The van der Waals surface area contributed by atoms with Crippen LogP contribution in [-0.4, -0.2) is 56.5 Å². The van der Waals surface area contributed by atoms with Crippen LogP contribution < -0.4 is 10.6 Å². The van der Waals surface area contributed by atoms with Crippen molar-refractivity contribution in [2.75, 3.05) is 31.5 Å². The van der Waals surface area contributed by atoms with Crippen LogP contribution in [0.1, 0.15) is 23.5 Å². The van der Waals surface area contributed by atoms with Crippen LogP contribution in [0.4, 0.5) is 11.6 Å². The summed E-state index contributed by atoms with van der Waals surface area (Å²) in [6, 6.07) is 5.38. The first-order chi connectivity index (χ1) is 14.2. The van der Waals surface area contributed by atoms with E-state index in [9.17, 15) is 4.79 Å². The fourth-order valence-electron chi connectivity index (χ4n) is 3.55. The molecule has 8 nitrogen and oxygen atoms in total. The molecule has 2 aliphatic rings. The summed E-state index contributed by atoms with van der Waals surface area (Å²) in [7, 11) is 0. The normalized spacial score (nSPS) is 16.4. The number of anilines is 2. The first-order valence-corrected chi connectivity index (χ1v) is 10.3. The molecule has 0 spiro atoms. The number of benzene rings is 1. The second-order valence-corrected chi connectivity index (χ2v) is 8.06. The highest BCUT2D eigenvalue weighted by molar-refractivity contribution is 6.31. The minimum atomic E-state index is -0.161. The van der Waals surface area contributed by atoms with Crippen molar-refractivity contribution < 1.29 is 4.79 Å². The number of halogens is 2. The van der Waals surface area contributed by atoms with Crippen LogP contribution in [0.15, 0.2) is 30.7 Å². The van der Waals surface area contributed by atoms with E-state index in [0.717, 1.165) is 30.9 Å². The third kappa shape index (κ3) is 4.50. The Labute approximate surface area is 185 Å². The first kappa shape index (κ1) is 20.8. The largest absolute Gasteiger partial charge is 0.335 e. The summed E-state index contributed by atoms with van der Waals surface area (Å²) in [5.74, 6) is 2.00.